The highest BCUT2D eigenvalue weighted by Crippen LogP contribution is 2.29. The van der Waals surface area contributed by atoms with Gasteiger partial charge in [0.2, 0.25) is 0 Å². The maximum atomic E-state index is 4.65. The number of nitrogens with one attached hydrogen (secondary N) is 2. The van der Waals surface area contributed by atoms with E-state index < -0.39 is 0 Å². The molecule has 3 aromatic rings. The van der Waals surface area contributed by atoms with Gasteiger partial charge in [-0.25, -0.2) is 15.0 Å². The fraction of sp³-hybridized carbons (Fsp3) is 0.235. The van der Waals surface area contributed by atoms with Crippen LogP contribution < -0.4 is 10.6 Å². The second-order valence-electron chi connectivity index (χ2n) is 5.58. The number of aryl methyl sites for hydroxylation is 1. The van der Waals surface area contributed by atoms with E-state index in [0.29, 0.717) is 6.04 Å². The van der Waals surface area contributed by atoms with Gasteiger partial charge in [-0.3, -0.25) is 0 Å². The summed E-state index contributed by atoms with van der Waals surface area (Å²) < 4.78 is 0. The standard InChI is InChI=1S/C17H19N5S/c1-11(2)20-17-19-10-14(23-17)13-5-4-6-15(21-13)22-16-9-12(3)7-8-18-16/h4-11H,1-3H3,(H,19,20)(H,18,21,22). The Morgan fingerprint density at radius 2 is 1.96 bits per heavy atom. The molecule has 0 atom stereocenters. The Labute approximate surface area is 139 Å². The van der Waals surface area contributed by atoms with E-state index in [0.717, 1.165) is 32.9 Å². The van der Waals surface area contributed by atoms with Gasteiger partial charge < -0.3 is 10.6 Å². The zero-order valence-electron chi connectivity index (χ0n) is 13.4. The molecule has 0 aliphatic heterocycles. The lowest BCUT2D eigenvalue weighted by Gasteiger charge is -2.06. The molecule has 0 bridgehead atoms. The van der Waals surface area contributed by atoms with Gasteiger partial charge in [-0.1, -0.05) is 17.4 Å². The minimum atomic E-state index is 0.363. The van der Waals surface area contributed by atoms with Crippen molar-refractivity contribution in [3.05, 3.63) is 48.3 Å². The highest BCUT2D eigenvalue weighted by Gasteiger charge is 2.07. The molecule has 0 aromatic carbocycles. The first-order valence-corrected chi connectivity index (χ1v) is 8.31. The molecule has 0 amide bonds. The molecule has 0 unspecified atom stereocenters. The number of hydrogen-bond donors (Lipinski definition) is 2. The van der Waals surface area contributed by atoms with E-state index in [2.05, 4.69) is 39.4 Å². The molecular formula is C17H19N5S. The van der Waals surface area contributed by atoms with Crippen molar-refractivity contribution >= 4 is 28.1 Å². The number of anilines is 3. The van der Waals surface area contributed by atoms with Crippen LogP contribution in [0.3, 0.4) is 0 Å². The van der Waals surface area contributed by atoms with E-state index in [1.807, 2.05) is 43.5 Å². The van der Waals surface area contributed by atoms with Crippen LogP contribution in [0, 0.1) is 6.92 Å². The summed E-state index contributed by atoms with van der Waals surface area (Å²) in [5.41, 5.74) is 2.06. The maximum absolute atomic E-state index is 4.65. The van der Waals surface area contributed by atoms with E-state index in [9.17, 15) is 0 Å². The normalized spacial score (nSPS) is 10.8. The number of thiazole rings is 1. The van der Waals surface area contributed by atoms with Crippen LogP contribution in [0.5, 0.6) is 0 Å². The summed E-state index contributed by atoms with van der Waals surface area (Å²) in [5.74, 6) is 1.56. The lowest BCUT2D eigenvalue weighted by atomic mass is 10.3. The topological polar surface area (TPSA) is 62.7 Å². The zero-order valence-corrected chi connectivity index (χ0v) is 14.2. The molecule has 3 aromatic heterocycles. The smallest absolute Gasteiger partial charge is 0.183 e. The van der Waals surface area contributed by atoms with Crippen LogP contribution in [0.25, 0.3) is 10.6 Å². The van der Waals surface area contributed by atoms with Gasteiger partial charge in [-0.15, -0.1) is 0 Å². The third kappa shape index (κ3) is 4.04. The number of pyridine rings is 2. The highest BCUT2D eigenvalue weighted by molar-refractivity contribution is 7.18. The molecule has 118 valence electrons. The quantitative estimate of drug-likeness (QED) is 0.724. The first kappa shape index (κ1) is 15.4. The SMILES string of the molecule is Cc1ccnc(Nc2cccc(-c3cnc(NC(C)C)s3)n2)c1. The molecule has 6 heteroatoms. The summed E-state index contributed by atoms with van der Waals surface area (Å²) in [5, 5.41) is 7.46. The van der Waals surface area contributed by atoms with Gasteiger partial charge in [-0.2, -0.15) is 0 Å². The Bertz CT molecular complexity index is 797. The fourth-order valence-corrected chi connectivity index (χ4v) is 3.02. The molecule has 3 heterocycles. The summed E-state index contributed by atoms with van der Waals surface area (Å²) in [4.78, 5) is 14.4. The van der Waals surface area contributed by atoms with E-state index in [1.54, 1.807) is 17.5 Å². The van der Waals surface area contributed by atoms with Crippen LogP contribution in [0.4, 0.5) is 16.8 Å². The average Bonchev–Trinajstić information content (AvgIpc) is 2.95. The molecule has 0 spiro atoms. The van der Waals surface area contributed by atoms with Gasteiger partial charge in [-0.05, 0) is 50.6 Å². The second-order valence-corrected chi connectivity index (χ2v) is 6.61. The van der Waals surface area contributed by atoms with Crippen molar-refractivity contribution in [1.29, 1.82) is 0 Å². The Kier molecular flexibility index (Phi) is 4.52. The monoisotopic (exact) mass is 325 g/mol. The van der Waals surface area contributed by atoms with Crippen molar-refractivity contribution < 1.29 is 0 Å². The number of hydrogen-bond acceptors (Lipinski definition) is 6. The van der Waals surface area contributed by atoms with Gasteiger partial charge in [0.05, 0.1) is 10.6 Å². The van der Waals surface area contributed by atoms with E-state index in [1.165, 1.54) is 0 Å². The largest absolute Gasteiger partial charge is 0.359 e. The van der Waals surface area contributed by atoms with Crippen LogP contribution in [0.1, 0.15) is 19.4 Å². The predicted molar refractivity (Wildman–Crippen MR) is 96.4 cm³/mol. The molecular weight excluding hydrogens is 306 g/mol. The Balaban J connectivity index is 1.81. The van der Waals surface area contributed by atoms with Crippen LogP contribution in [0.15, 0.2) is 42.7 Å². The van der Waals surface area contributed by atoms with Gasteiger partial charge in [0, 0.05) is 18.4 Å². The minimum absolute atomic E-state index is 0.363. The molecule has 23 heavy (non-hydrogen) atoms. The summed E-state index contributed by atoms with van der Waals surface area (Å²) in [6.07, 6.45) is 3.64. The third-order valence-corrected chi connectivity index (χ3v) is 4.04. The number of rotatable bonds is 5. The molecule has 3 rings (SSSR count). The molecule has 2 N–H and O–H groups in total. The number of aromatic nitrogens is 3. The lowest BCUT2D eigenvalue weighted by molar-refractivity contribution is 0.896. The highest BCUT2D eigenvalue weighted by atomic mass is 32.1. The van der Waals surface area contributed by atoms with E-state index in [4.69, 9.17) is 0 Å². The van der Waals surface area contributed by atoms with Gasteiger partial charge in [0.15, 0.2) is 5.13 Å². The van der Waals surface area contributed by atoms with Gasteiger partial charge in [0.1, 0.15) is 11.6 Å². The predicted octanol–water partition coefficient (Wildman–Crippen LogP) is 4.47. The van der Waals surface area contributed by atoms with Gasteiger partial charge in [0.25, 0.3) is 0 Å². The van der Waals surface area contributed by atoms with Crippen LogP contribution in [-0.4, -0.2) is 21.0 Å². The average molecular weight is 325 g/mol. The van der Waals surface area contributed by atoms with Crippen LogP contribution in [0.2, 0.25) is 0 Å². The molecule has 0 radical (unpaired) electrons. The first-order valence-electron chi connectivity index (χ1n) is 7.49. The molecule has 0 saturated heterocycles. The number of nitrogens with zero attached hydrogens (tertiary/aromatic N) is 3. The Morgan fingerprint density at radius 1 is 1.09 bits per heavy atom. The molecule has 0 fully saturated rings. The summed E-state index contributed by atoms with van der Waals surface area (Å²) in [6.45, 7) is 6.23. The maximum Gasteiger partial charge on any atom is 0.183 e. The van der Waals surface area contributed by atoms with Crippen molar-refractivity contribution in [2.24, 2.45) is 0 Å². The second kappa shape index (κ2) is 6.75. The Hall–Kier alpha value is -2.47. The fourth-order valence-electron chi connectivity index (χ4n) is 2.08. The van der Waals surface area contributed by atoms with Crippen molar-refractivity contribution in [1.82, 2.24) is 15.0 Å². The molecule has 5 nitrogen and oxygen atoms in total. The summed E-state index contributed by atoms with van der Waals surface area (Å²) in [7, 11) is 0. The molecule has 0 aliphatic carbocycles. The first-order chi connectivity index (χ1) is 11.1. The van der Waals surface area contributed by atoms with Crippen molar-refractivity contribution in [3.63, 3.8) is 0 Å². The van der Waals surface area contributed by atoms with E-state index >= 15 is 0 Å². The van der Waals surface area contributed by atoms with Crippen molar-refractivity contribution in [2.75, 3.05) is 10.6 Å². The molecule has 0 aliphatic rings. The summed E-state index contributed by atoms with van der Waals surface area (Å²) in [6, 6.07) is 10.2. The van der Waals surface area contributed by atoms with Crippen LogP contribution in [-0.2, 0) is 0 Å². The zero-order chi connectivity index (χ0) is 16.2. The third-order valence-electron chi connectivity index (χ3n) is 3.09. The van der Waals surface area contributed by atoms with Crippen molar-refractivity contribution in [2.45, 2.75) is 26.8 Å². The Morgan fingerprint density at radius 3 is 2.74 bits per heavy atom. The lowest BCUT2D eigenvalue weighted by Crippen LogP contribution is -2.08. The van der Waals surface area contributed by atoms with Gasteiger partial charge >= 0.3 is 0 Å². The van der Waals surface area contributed by atoms with Crippen LogP contribution >= 0.6 is 11.3 Å². The van der Waals surface area contributed by atoms with Crippen molar-refractivity contribution in [3.8, 4) is 10.6 Å². The van der Waals surface area contributed by atoms with E-state index in [-0.39, 0.29) is 0 Å². The minimum Gasteiger partial charge on any atom is -0.359 e. The molecule has 0 saturated carbocycles. The summed E-state index contributed by atoms with van der Waals surface area (Å²) >= 11 is 1.60.